The smallest absolute Gasteiger partial charge is 0.312 e. The second-order valence-corrected chi connectivity index (χ2v) is 3.03. The third kappa shape index (κ3) is 5.84. The van der Waals surface area contributed by atoms with Crippen molar-refractivity contribution in [1.29, 1.82) is 0 Å². The van der Waals surface area contributed by atoms with Crippen LogP contribution in [0.15, 0.2) is 0 Å². The highest BCUT2D eigenvalue weighted by Crippen LogP contribution is 1.89. The number of carbonyl (C=O) groups excluding carboxylic acids is 2. The van der Waals surface area contributed by atoms with Crippen LogP contribution in [-0.2, 0) is 4.79 Å². The van der Waals surface area contributed by atoms with E-state index in [1.807, 2.05) is 0 Å². The molecule has 6 heteroatoms. The van der Waals surface area contributed by atoms with Gasteiger partial charge in [0.05, 0.1) is 5.25 Å². The largest absolute Gasteiger partial charge is 0.353 e. The zero-order valence-electron chi connectivity index (χ0n) is 6.83. The zero-order valence-corrected chi connectivity index (χ0v) is 7.73. The maximum atomic E-state index is 10.9. The standard InChI is InChI=1S/C6H13N3O2S/c1-4(12)5(10)8-2-3-9-6(7)11/h4,12H,2-3H2,1H3,(H,8,10)(H3,7,9,11). The predicted octanol–water partition coefficient (Wildman–Crippen LogP) is -0.911. The number of rotatable bonds is 4. The molecule has 0 radical (unpaired) electrons. The first-order valence-corrected chi connectivity index (χ1v) is 4.04. The Bertz CT molecular complexity index is 172. The molecule has 4 N–H and O–H groups in total. The van der Waals surface area contributed by atoms with Crippen molar-refractivity contribution < 1.29 is 9.59 Å². The summed E-state index contributed by atoms with van der Waals surface area (Å²) >= 11 is 3.91. The minimum absolute atomic E-state index is 0.162. The van der Waals surface area contributed by atoms with Gasteiger partial charge in [-0.3, -0.25) is 4.79 Å². The van der Waals surface area contributed by atoms with Gasteiger partial charge in [0.1, 0.15) is 0 Å². The monoisotopic (exact) mass is 191 g/mol. The summed E-state index contributed by atoms with van der Waals surface area (Å²) < 4.78 is 0. The average Bonchev–Trinajstić information content (AvgIpc) is 1.97. The number of thiol groups is 1. The lowest BCUT2D eigenvalue weighted by Crippen LogP contribution is -2.39. The summed E-state index contributed by atoms with van der Waals surface area (Å²) in [5, 5.41) is 4.56. The molecule has 70 valence electrons. The van der Waals surface area contributed by atoms with E-state index in [0.29, 0.717) is 13.1 Å². The van der Waals surface area contributed by atoms with E-state index < -0.39 is 6.03 Å². The molecule has 0 aromatic carbocycles. The van der Waals surface area contributed by atoms with Gasteiger partial charge in [0.25, 0.3) is 0 Å². The first-order valence-electron chi connectivity index (χ1n) is 3.53. The van der Waals surface area contributed by atoms with E-state index in [-0.39, 0.29) is 11.2 Å². The van der Waals surface area contributed by atoms with Gasteiger partial charge in [-0.05, 0) is 6.92 Å². The van der Waals surface area contributed by atoms with Crippen molar-refractivity contribution in [2.45, 2.75) is 12.2 Å². The van der Waals surface area contributed by atoms with Gasteiger partial charge in [0, 0.05) is 13.1 Å². The Morgan fingerprint density at radius 2 is 1.92 bits per heavy atom. The second-order valence-electron chi connectivity index (χ2n) is 2.26. The van der Waals surface area contributed by atoms with Crippen LogP contribution in [0, 0.1) is 0 Å². The number of hydrogen-bond acceptors (Lipinski definition) is 3. The molecular formula is C6H13N3O2S. The third-order valence-corrected chi connectivity index (χ3v) is 1.34. The maximum Gasteiger partial charge on any atom is 0.312 e. The lowest BCUT2D eigenvalue weighted by atomic mass is 10.4. The Balaban J connectivity index is 3.32. The molecule has 0 bridgehead atoms. The normalized spacial score (nSPS) is 11.8. The molecule has 3 amide bonds. The quantitative estimate of drug-likeness (QED) is 0.342. The van der Waals surface area contributed by atoms with Gasteiger partial charge in [-0.2, -0.15) is 12.6 Å². The first-order chi connectivity index (χ1) is 5.54. The summed E-state index contributed by atoms with van der Waals surface area (Å²) in [5.74, 6) is -0.162. The molecule has 0 aliphatic heterocycles. The molecule has 0 saturated carbocycles. The van der Waals surface area contributed by atoms with Crippen molar-refractivity contribution >= 4 is 24.6 Å². The number of primary amides is 1. The SMILES string of the molecule is CC(S)C(=O)NCCNC(N)=O. The number of nitrogens with two attached hydrogens (primary N) is 1. The minimum Gasteiger partial charge on any atom is -0.353 e. The van der Waals surface area contributed by atoms with Gasteiger partial charge < -0.3 is 16.4 Å². The van der Waals surface area contributed by atoms with Crippen LogP contribution in [0.3, 0.4) is 0 Å². The van der Waals surface area contributed by atoms with Crippen molar-refractivity contribution in [1.82, 2.24) is 10.6 Å². The van der Waals surface area contributed by atoms with E-state index in [4.69, 9.17) is 5.73 Å². The van der Waals surface area contributed by atoms with Gasteiger partial charge in [-0.25, -0.2) is 4.79 Å². The van der Waals surface area contributed by atoms with Crippen LogP contribution in [-0.4, -0.2) is 30.3 Å². The summed E-state index contributed by atoms with van der Waals surface area (Å²) in [4.78, 5) is 21.0. The molecule has 0 aromatic rings. The summed E-state index contributed by atoms with van der Waals surface area (Å²) in [5.41, 5.74) is 4.79. The zero-order chi connectivity index (χ0) is 9.56. The summed E-state index contributed by atoms with van der Waals surface area (Å²) in [6.07, 6.45) is 0. The number of urea groups is 1. The van der Waals surface area contributed by atoms with Crippen LogP contribution in [0.25, 0.3) is 0 Å². The molecular weight excluding hydrogens is 178 g/mol. The van der Waals surface area contributed by atoms with E-state index in [1.165, 1.54) is 0 Å². The molecule has 0 aliphatic carbocycles. The Morgan fingerprint density at radius 3 is 2.33 bits per heavy atom. The van der Waals surface area contributed by atoms with Crippen LogP contribution < -0.4 is 16.4 Å². The lowest BCUT2D eigenvalue weighted by Gasteiger charge is -2.06. The number of carbonyl (C=O) groups is 2. The average molecular weight is 191 g/mol. The van der Waals surface area contributed by atoms with E-state index in [9.17, 15) is 9.59 Å². The minimum atomic E-state index is -0.594. The Morgan fingerprint density at radius 1 is 1.42 bits per heavy atom. The maximum absolute atomic E-state index is 10.9. The summed E-state index contributed by atoms with van der Waals surface area (Å²) in [6.45, 7) is 2.37. The lowest BCUT2D eigenvalue weighted by molar-refractivity contribution is -0.120. The van der Waals surface area contributed by atoms with Crippen molar-refractivity contribution in [2.24, 2.45) is 5.73 Å². The molecule has 0 aromatic heterocycles. The Labute approximate surface area is 76.5 Å². The fourth-order valence-electron chi connectivity index (χ4n) is 0.519. The molecule has 0 fully saturated rings. The van der Waals surface area contributed by atoms with Crippen LogP contribution in [0.5, 0.6) is 0 Å². The van der Waals surface area contributed by atoms with Crippen molar-refractivity contribution in [3.05, 3.63) is 0 Å². The van der Waals surface area contributed by atoms with Crippen molar-refractivity contribution in [3.63, 3.8) is 0 Å². The first kappa shape index (κ1) is 11.1. The fourth-order valence-corrected chi connectivity index (χ4v) is 0.610. The molecule has 0 heterocycles. The highest BCUT2D eigenvalue weighted by molar-refractivity contribution is 7.81. The Hall–Kier alpha value is -0.910. The third-order valence-electron chi connectivity index (χ3n) is 1.10. The topological polar surface area (TPSA) is 84.2 Å². The van der Waals surface area contributed by atoms with E-state index in [2.05, 4.69) is 23.3 Å². The van der Waals surface area contributed by atoms with Crippen molar-refractivity contribution in [3.8, 4) is 0 Å². The predicted molar refractivity (Wildman–Crippen MR) is 49.0 cm³/mol. The van der Waals surface area contributed by atoms with E-state index in [1.54, 1.807) is 6.92 Å². The molecule has 0 aliphatic rings. The highest BCUT2D eigenvalue weighted by Gasteiger charge is 2.05. The highest BCUT2D eigenvalue weighted by atomic mass is 32.1. The molecule has 12 heavy (non-hydrogen) atoms. The molecule has 5 nitrogen and oxygen atoms in total. The second kappa shape index (κ2) is 5.70. The molecule has 0 saturated heterocycles. The fraction of sp³-hybridized carbons (Fsp3) is 0.667. The van der Waals surface area contributed by atoms with Gasteiger partial charge >= 0.3 is 6.03 Å². The number of nitrogens with one attached hydrogen (secondary N) is 2. The van der Waals surface area contributed by atoms with Gasteiger partial charge in [0.15, 0.2) is 0 Å². The Kier molecular flexibility index (Phi) is 5.27. The van der Waals surface area contributed by atoms with Crippen LogP contribution in [0.2, 0.25) is 0 Å². The molecule has 0 spiro atoms. The van der Waals surface area contributed by atoms with Crippen molar-refractivity contribution in [2.75, 3.05) is 13.1 Å². The van der Waals surface area contributed by atoms with Gasteiger partial charge in [-0.15, -0.1) is 0 Å². The summed E-state index contributed by atoms with van der Waals surface area (Å²) in [6, 6.07) is -0.594. The van der Waals surface area contributed by atoms with Crippen LogP contribution >= 0.6 is 12.6 Å². The van der Waals surface area contributed by atoms with Crippen LogP contribution in [0.1, 0.15) is 6.92 Å². The molecule has 1 unspecified atom stereocenters. The van der Waals surface area contributed by atoms with Crippen LogP contribution in [0.4, 0.5) is 4.79 Å². The van der Waals surface area contributed by atoms with Gasteiger partial charge in [0.2, 0.25) is 5.91 Å². The number of amides is 3. The summed E-state index contributed by atoms with van der Waals surface area (Å²) in [7, 11) is 0. The van der Waals surface area contributed by atoms with E-state index >= 15 is 0 Å². The van der Waals surface area contributed by atoms with E-state index in [0.717, 1.165) is 0 Å². The molecule has 0 rings (SSSR count). The molecule has 1 atom stereocenters. The van der Waals surface area contributed by atoms with Gasteiger partial charge in [-0.1, -0.05) is 0 Å². The number of hydrogen-bond donors (Lipinski definition) is 4.